The van der Waals surface area contributed by atoms with Crippen LogP contribution in [0.25, 0.3) is 0 Å². The summed E-state index contributed by atoms with van der Waals surface area (Å²) in [5.41, 5.74) is 2.52. The lowest BCUT2D eigenvalue weighted by atomic mass is 10.2. The Balaban J connectivity index is 1.82. The summed E-state index contributed by atoms with van der Waals surface area (Å²) >= 11 is 5.69. The van der Waals surface area contributed by atoms with Crippen LogP contribution in [0.2, 0.25) is 5.02 Å². The number of rotatable bonds is 5. The summed E-state index contributed by atoms with van der Waals surface area (Å²) < 4.78 is 13.0. The van der Waals surface area contributed by atoms with Gasteiger partial charge in [0, 0.05) is 24.3 Å². The fourth-order valence-electron chi connectivity index (χ4n) is 1.85. The van der Waals surface area contributed by atoms with Crippen molar-refractivity contribution >= 4 is 28.9 Å². The Hall–Kier alpha value is -2.07. The van der Waals surface area contributed by atoms with E-state index in [1.807, 2.05) is 31.2 Å². The molecule has 0 bridgehead atoms. The molecule has 0 fully saturated rings. The van der Waals surface area contributed by atoms with Crippen LogP contribution in [0, 0.1) is 12.7 Å². The van der Waals surface area contributed by atoms with Crippen LogP contribution >= 0.6 is 11.6 Å². The Morgan fingerprint density at radius 1 is 1.24 bits per heavy atom. The third kappa shape index (κ3) is 4.46. The molecule has 0 aliphatic rings. The normalized spacial score (nSPS) is 10.2. The summed E-state index contributed by atoms with van der Waals surface area (Å²) in [6.45, 7) is 2.38. The van der Waals surface area contributed by atoms with Gasteiger partial charge in [-0.3, -0.25) is 4.79 Å². The predicted molar refractivity (Wildman–Crippen MR) is 84.3 cm³/mol. The van der Waals surface area contributed by atoms with Crippen molar-refractivity contribution in [1.82, 2.24) is 0 Å². The van der Waals surface area contributed by atoms with E-state index in [1.165, 1.54) is 12.1 Å². The van der Waals surface area contributed by atoms with Crippen LogP contribution in [0.1, 0.15) is 12.0 Å². The molecule has 0 aliphatic heterocycles. The minimum Gasteiger partial charge on any atom is -0.384 e. The molecule has 5 heteroatoms. The maximum absolute atomic E-state index is 13.0. The number of carbonyl (C=O) groups excluding carboxylic acids is 1. The van der Waals surface area contributed by atoms with E-state index in [-0.39, 0.29) is 10.9 Å². The zero-order valence-corrected chi connectivity index (χ0v) is 12.4. The van der Waals surface area contributed by atoms with Crippen LogP contribution in [-0.2, 0) is 4.79 Å². The van der Waals surface area contributed by atoms with Crippen LogP contribution in [0.15, 0.2) is 42.5 Å². The largest absolute Gasteiger partial charge is 0.384 e. The molecule has 0 radical (unpaired) electrons. The summed E-state index contributed by atoms with van der Waals surface area (Å²) in [4.78, 5) is 11.8. The molecule has 0 aliphatic carbocycles. The van der Waals surface area contributed by atoms with Crippen molar-refractivity contribution in [3.05, 3.63) is 58.9 Å². The van der Waals surface area contributed by atoms with Crippen LogP contribution in [0.3, 0.4) is 0 Å². The molecule has 2 rings (SSSR count). The Labute approximate surface area is 128 Å². The smallest absolute Gasteiger partial charge is 0.226 e. The van der Waals surface area contributed by atoms with Gasteiger partial charge in [0.15, 0.2) is 0 Å². The molecule has 2 aromatic carbocycles. The SMILES string of the molecule is Cc1ccccc1NC(=O)CCNc1ccc(F)c(Cl)c1. The minimum atomic E-state index is -0.459. The van der Waals surface area contributed by atoms with Crippen molar-refractivity contribution in [1.29, 1.82) is 0 Å². The number of nitrogens with one attached hydrogen (secondary N) is 2. The van der Waals surface area contributed by atoms with E-state index in [0.29, 0.717) is 18.7 Å². The van der Waals surface area contributed by atoms with Crippen molar-refractivity contribution in [3.63, 3.8) is 0 Å². The number of aryl methyl sites for hydroxylation is 1. The van der Waals surface area contributed by atoms with Crippen LogP contribution in [0.5, 0.6) is 0 Å². The van der Waals surface area contributed by atoms with Crippen molar-refractivity contribution in [3.8, 4) is 0 Å². The number of carbonyl (C=O) groups is 1. The van der Waals surface area contributed by atoms with Crippen LogP contribution in [0.4, 0.5) is 15.8 Å². The highest BCUT2D eigenvalue weighted by molar-refractivity contribution is 6.31. The number of para-hydroxylation sites is 1. The molecule has 110 valence electrons. The van der Waals surface area contributed by atoms with E-state index in [1.54, 1.807) is 6.07 Å². The first-order chi connectivity index (χ1) is 10.1. The Morgan fingerprint density at radius 2 is 2.00 bits per heavy atom. The second-order valence-electron chi connectivity index (χ2n) is 4.67. The quantitative estimate of drug-likeness (QED) is 0.868. The van der Waals surface area contributed by atoms with Crippen molar-refractivity contribution < 1.29 is 9.18 Å². The molecule has 3 nitrogen and oxygen atoms in total. The maximum Gasteiger partial charge on any atom is 0.226 e. The highest BCUT2D eigenvalue weighted by Gasteiger charge is 2.05. The van der Waals surface area contributed by atoms with Crippen molar-refractivity contribution in [2.75, 3.05) is 17.2 Å². The zero-order valence-electron chi connectivity index (χ0n) is 11.6. The maximum atomic E-state index is 13.0. The second kappa shape index (κ2) is 7.09. The molecule has 1 amide bonds. The number of halogens is 2. The number of hydrogen-bond acceptors (Lipinski definition) is 2. The predicted octanol–water partition coefficient (Wildman–Crippen LogP) is 4.23. The van der Waals surface area contributed by atoms with Gasteiger partial charge in [0.05, 0.1) is 5.02 Å². The van der Waals surface area contributed by atoms with Gasteiger partial charge in [-0.15, -0.1) is 0 Å². The monoisotopic (exact) mass is 306 g/mol. The highest BCUT2D eigenvalue weighted by atomic mass is 35.5. The van der Waals surface area contributed by atoms with Gasteiger partial charge in [-0.1, -0.05) is 29.8 Å². The third-order valence-corrected chi connectivity index (χ3v) is 3.31. The zero-order chi connectivity index (χ0) is 15.2. The van der Waals surface area contributed by atoms with Gasteiger partial charge in [-0.25, -0.2) is 4.39 Å². The van der Waals surface area contributed by atoms with Gasteiger partial charge in [0.25, 0.3) is 0 Å². The molecular weight excluding hydrogens is 291 g/mol. The highest BCUT2D eigenvalue weighted by Crippen LogP contribution is 2.19. The van der Waals surface area contributed by atoms with Gasteiger partial charge in [0.2, 0.25) is 5.91 Å². The summed E-state index contributed by atoms with van der Waals surface area (Å²) in [6, 6.07) is 12.0. The molecule has 21 heavy (non-hydrogen) atoms. The molecule has 2 aromatic rings. The number of anilines is 2. The van der Waals surface area contributed by atoms with E-state index in [2.05, 4.69) is 10.6 Å². The van der Waals surface area contributed by atoms with E-state index in [9.17, 15) is 9.18 Å². The second-order valence-corrected chi connectivity index (χ2v) is 5.08. The van der Waals surface area contributed by atoms with E-state index >= 15 is 0 Å². The van der Waals surface area contributed by atoms with Gasteiger partial charge < -0.3 is 10.6 Å². The third-order valence-electron chi connectivity index (χ3n) is 3.02. The Morgan fingerprint density at radius 3 is 2.71 bits per heavy atom. The standard InChI is InChI=1S/C16H16ClFN2O/c1-11-4-2-3-5-15(11)20-16(21)8-9-19-12-6-7-14(18)13(17)10-12/h2-7,10,19H,8-9H2,1H3,(H,20,21). The van der Waals surface area contributed by atoms with Crippen molar-refractivity contribution in [2.24, 2.45) is 0 Å². The molecule has 0 saturated heterocycles. The summed E-state index contributed by atoms with van der Waals surface area (Å²) in [7, 11) is 0. The van der Waals surface area contributed by atoms with Gasteiger partial charge >= 0.3 is 0 Å². The molecule has 0 aromatic heterocycles. The molecule has 0 atom stereocenters. The topological polar surface area (TPSA) is 41.1 Å². The average molecular weight is 307 g/mol. The van der Waals surface area contributed by atoms with Gasteiger partial charge in [-0.2, -0.15) is 0 Å². The molecule has 0 heterocycles. The number of hydrogen-bond donors (Lipinski definition) is 2. The number of amides is 1. The molecular formula is C16H16ClFN2O. The Bertz CT molecular complexity index is 646. The average Bonchev–Trinajstić information content (AvgIpc) is 2.45. The first-order valence-corrected chi connectivity index (χ1v) is 6.98. The Kier molecular flexibility index (Phi) is 5.17. The lowest BCUT2D eigenvalue weighted by Gasteiger charge is -2.09. The van der Waals surface area contributed by atoms with E-state index in [0.717, 1.165) is 11.3 Å². The first kappa shape index (κ1) is 15.3. The van der Waals surface area contributed by atoms with Crippen LogP contribution in [-0.4, -0.2) is 12.5 Å². The molecule has 0 unspecified atom stereocenters. The van der Waals surface area contributed by atoms with Gasteiger partial charge in [-0.05, 0) is 36.8 Å². The lowest BCUT2D eigenvalue weighted by Crippen LogP contribution is -2.16. The van der Waals surface area contributed by atoms with E-state index in [4.69, 9.17) is 11.6 Å². The van der Waals surface area contributed by atoms with E-state index < -0.39 is 5.82 Å². The number of benzene rings is 2. The fourth-order valence-corrected chi connectivity index (χ4v) is 2.03. The van der Waals surface area contributed by atoms with Crippen LogP contribution < -0.4 is 10.6 Å². The molecule has 0 saturated carbocycles. The molecule has 0 spiro atoms. The summed E-state index contributed by atoms with van der Waals surface area (Å²) in [5, 5.41) is 5.94. The molecule has 2 N–H and O–H groups in total. The first-order valence-electron chi connectivity index (χ1n) is 6.60. The van der Waals surface area contributed by atoms with Gasteiger partial charge in [0.1, 0.15) is 5.82 Å². The minimum absolute atomic E-state index is 0.0596. The fraction of sp³-hybridized carbons (Fsp3) is 0.188. The summed E-state index contributed by atoms with van der Waals surface area (Å²) in [5.74, 6) is -0.537. The summed E-state index contributed by atoms with van der Waals surface area (Å²) in [6.07, 6.45) is 0.309. The van der Waals surface area contributed by atoms with Crippen molar-refractivity contribution in [2.45, 2.75) is 13.3 Å². The lowest BCUT2D eigenvalue weighted by molar-refractivity contribution is -0.115.